The maximum Gasteiger partial charge on any atom is 0.274 e. The van der Waals surface area contributed by atoms with Crippen LogP contribution in [-0.4, -0.2) is 64.5 Å². The van der Waals surface area contributed by atoms with E-state index >= 15 is 0 Å². The van der Waals surface area contributed by atoms with Crippen molar-refractivity contribution in [2.45, 2.75) is 43.9 Å². The van der Waals surface area contributed by atoms with Crippen LogP contribution in [0.1, 0.15) is 11.1 Å². The first kappa shape index (κ1) is 24.6. The zero-order chi connectivity index (χ0) is 24.0. The summed E-state index contributed by atoms with van der Waals surface area (Å²) >= 11 is 0. The Bertz CT molecular complexity index is 968. The van der Waals surface area contributed by atoms with Gasteiger partial charge in [0.25, 0.3) is 11.4 Å². The Labute approximate surface area is 188 Å². The quantitative estimate of drug-likeness (QED) is 0.391. The number of nitro groups is 2. The van der Waals surface area contributed by atoms with Crippen molar-refractivity contribution in [2.75, 3.05) is 13.7 Å². The summed E-state index contributed by atoms with van der Waals surface area (Å²) in [6.07, 6.45) is -6.08. The molecule has 1 heterocycles. The summed E-state index contributed by atoms with van der Waals surface area (Å²) < 4.78 is 22.0. The molecule has 3 rings (SSSR count). The fourth-order valence-corrected chi connectivity index (χ4v) is 3.50. The summed E-state index contributed by atoms with van der Waals surface area (Å²) in [5.41, 5.74) is 0.400. The molecule has 0 saturated carbocycles. The van der Waals surface area contributed by atoms with Gasteiger partial charge in [-0.15, -0.1) is 0 Å². The standard InChI is InChI=1S/C21H24N2O10/c1-30-21-20(32-11-14-7-3-5-9-16(14)23(28)29)19(25)18(24)17(33-21)12-31-10-13-6-2-4-8-15(13)22(26)27/h2-9,17-21,24-25H,10-12H2,1H3/t17-,18-,19+,20+,21+/m1/s1. The molecule has 5 atom stereocenters. The molecule has 2 N–H and O–H groups in total. The minimum Gasteiger partial charge on any atom is -0.387 e. The van der Waals surface area contributed by atoms with E-state index in [1.807, 2.05) is 0 Å². The summed E-state index contributed by atoms with van der Waals surface area (Å²) in [6, 6.07) is 12.1. The van der Waals surface area contributed by atoms with Gasteiger partial charge < -0.3 is 29.2 Å². The second kappa shape index (κ2) is 11.2. The number of benzene rings is 2. The highest BCUT2D eigenvalue weighted by Crippen LogP contribution is 2.27. The molecular formula is C21H24N2O10. The van der Waals surface area contributed by atoms with Gasteiger partial charge in [-0.3, -0.25) is 20.2 Å². The van der Waals surface area contributed by atoms with Crippen LogP contribution in [0.4, 0.5) is 11.4 Å². The Morgan fingerprint density at radius 2 is 1.45 bits per heavy atom. The summed E-state index contributed by atoms with van der Waals surface area (Å²) in [6.45, 7) is -0.496. The molecule has 0 aliphatic carbocycles. The molecule has 0 bridgehead atoms. The van der Waals surface area contributed by atoms with E-state index in [9.17, 15) is 30.4 Å². The highest BCUT2D eigenvalue weighted by molar-refractivity contribution is 5.39. The van der Waals surface area contributed by atoms with E-state index in [2.05, 4.69) is 0 Å². The van der Waals surface area contributed by atoms with Gasteiger partial charge in [-0.05, 0) is 12.1 Å². The topological polar surface area (TPSA) is 164 Å². The number of aliphatic hydroxyl groups excluding tert-OH is 2. The molecule has 0 aromatic heterocycles. The lowest BCUT2D eigenvalue weighted by atomic mass is 9.99. The third kappa shape index (κ3) is 5.87. The Morgan fingerprint density at radius 3 is 2.00 bits per heavy atom. The van der Waals surface area contributed by atoms with Gasteiger partial charge in [0, 0.05) is 19.2 Å². The molecule has 12 nitrogen and oxygen atoms in total. The molecule has 12 heteroatoms. The molecule has 0 spiro atoms. The van der Waals surface area contributed by atoms with Crippen LogP contribution in [0.25, 0.3) is 0 Å². The van der Waals surface area contributed by atoms with Crippen molar-refractivity contribution in [1.82, 2.24) is 0 Å². The lowest BCUT2D eigenvalue weighted by Crippen LogP contribution is -2.60. The van der Waals surface area contributed by atoms with Crippen molar-refractivity contribution in [3.8, 4) is 0 Å². The van der Waals surface area contributed by atoms with Gasteiger partial charge in [-0.25, -0.2) is 0 Å². The number of hydrogen-bond acceptors (Lipinski definition) is 10. The summed E-state index contributed by atoms with van der Waals surface area (Å²) in [5.74, 6) is 0. The SMILES string of the molecule is CO[C@H]1O[C@H](COCc2ccccc2[N+](=O)[O-])[C@@H](O)[C@H](O)[C@@H]1OCc1ccccc1[N+](=O)[O-]. The summed E-state index contributed by atoms with van der Waals surface area (Å²) in [5, 5.41) is 43.4. The Kier molecular flexibility index (Phi) is 8.38. The number of para-hydroxylation sites is 2. The normalized spacial score (nSPS) is 25.0. The van der Waals surface area contributed by atoms with Crippen molar-refractivity contribution in [1.29, 1.82) is 0 Å². The van der Waals surface area contributed by atoms with Gasteiger partial charge in [0.2, 0.25) is 0 Å². The minimum absolute atomic E-state index is 0.0964. The minimum atomic E-state index is -1.44. The van der Waals surface area contributed by atoms with Crippen molar-refractivity contribution in [3.63, 3.8) is 0 Å². The van der Waals surface area contributed by atoms with E-state index in [0.29, 0.717) is 5.56 Å². The van der Waals surface area contributed by atoms with Gasteiger partial charge in [0.1, 0.15) is 24.4 Å². The number of nitro benzene ring substituents is 2. The van der Waals surface area contributed by atoms with Gasteiger partial charge in [-0.2, -0.15) is 0 Å². The second-order valence-electron chi connectivity index (χ2n) is 7.32. The number of hydrogen-bond donors (Lipinski definition) is 2. The maximum absolute atomic E-state index is 11.2. The first-order valence-corrected chi connectivity index (χ1v) is 10.0. The Balaban J connectivity index is 1.61. The fourth-order valence-electron chi connectivity index (χ4n) is 3.50. The van der Waals surface area contributed by atoms with Crippen LogP contribution in [-0.2, 0) is 32.2 Å². The smallest absolute Gasteiger partial charge is 0.274 e. The van der Waals surface area contributed by atoms with Crippen molar-refractivity contribution < 1.29 is 39.0 Å². The third-order valence-corrected chi connectivity index (χ3v) is 5.22. The Morgan fingerprint density at radius 1 is 0.909 bits per heavy atom. The Hall–Kier alpha value is -3.00. The maximum atomic E-state index is 11.2. The van der Waals surface area contributed by atoms with E-state index in [1.165, 1.54) is 31.4 Å². The lowest BCUT2D eigenvalue weighted by Gasteiger charge is -2.41. The predicted octanol–water partition coefficient (Wildman–Crippen LogP) is 1.70. The average molecular weight is 464 g/mol. The number of ether oxygens (including phenoxy) is 4. The molecule has 2 aromatic rings. The van der Waals surface area contributed by atoms with E-state index in [1.54, 1.807) is 24.3 Å². The first-order chi connectivity index (χ1) is 15.8. The van der Waals surface area contributed by atoms with E-state index in [4.69, 9.17) is 18.9 Å². The van der Waals surface area contributed by atoms with Gasteiger partial charge >= 0.3 is 0 Å². The molecule has 0 amide bonds. The zero-order valence-corrected chi connectivity index (χ0v) is 17.7. The average Bonchev–Trinajstić information content (AvgIpc) is 2.81. The van der Waals surface area contributed by atoms with E-state index < -0.39 is 40.6 Å². The van der Waals surface area contributed by atoms with E-state index in [-0.39, 0.29) is 36.8 Å². The molecule has 33 heavy (non-hydrogen) atoms. The number of nitrogens with zero attached hydrogens (tertiary/aromatic N) is 2. The van der Waals surface area contributed by atoms with Crippen LogP contribution in [0.3, 0.4) is 0 Å². The van der Waals surface area contributed by atoms with Crippen molar-refractivity contribution in [2.24, 2.45) is 0 Å². The molecule has 178 valence electrons. The van der Waals surface area contributed by atoms with Gasteiger partial charge in [0.05, 0.1) is 40.8 Å². The molecule has 1 saturated heterocycles. The first-order valence-electron chi connectivity index (χ1n) is 10.0. The molecule has 1 aliphatic heterocycles. The lowest BCUT2D eigenvalue weighted by molar-refractivity contribution is -0.386. The van der Waals surface area contributed by atoms with Gasteiger partial charge in [0.15, 0.2) is 6.29 Å². The monoisotopic (exact) mass is 464 g/mol. The zero-order valence-electron chi connectivity index (χ0n) is 17.7. The molecular weight excluding hydrogens is 440 g/mol. The molecule has 0 unspecified atom stereocenters. The van der Waals surface area contributed by atoms with Gasteiger partial charge in [-0.1, -0.05) is 24.3 Å². The highest BCUT2D eigenvalue weighted by atomic mass is 16.7. The summed E-state index contributed by atoms with van der Waals surface area (Å²) in [7, 11) is 1.32. The number of aliphatic hydroxyl groups is 2. The highest BCUT2D eigenvalue weighted by Gasteiger charge is 2.45. The largest absolute Gasteiger partial charge is 0.387 e. The molecule has 1 fully saturated rings. The summed E-state index contributed by atoms with van der Waals surface area (Å²) in [4.78, 5) is 21.2. The van der Waals surface area contributed by atoms with Crippen LogP contribution < -0.4 is 0 Å². The van der Waals surface area contributed by atoms with E-state index in [0.717, 1.165) is 0 Å². The van der Waals surface area contributed by atoms with Crippen molar-refractivity contribution in [3.05, 3.63) is 79.9 Å². The fraction of sp³-hybridized carbons (Fsp3) is 0.429. The van der Waals surface area contributed by atoms with Crippen LogP contribution in [0, 0.1) is 20.2 Å². The molecule has 2 aromatic carbocycles. The number of methoxy groups -OCH3 is 1. The van der Waals surface area contributed by atoms with Crippen LogP contribution in [0.2, 0.25) is 0 Å². The third-order valence-electron chi connectivity index (χ3n) is 5.22. The van der Waals surface area contributed by atoms with Crippen LogP contribution in [0.15, 0.2) is 48.5 Å². The molecule has 0 radical (unpaired) electrons. The number of rotatable bonds is 10. The second-order valence-corrected chi connectivity index (χ2v) is 7.32. The van der Waals surface area contributed by atoms with Crippen molar-refractivity contribution >= 4 is 11.4 Å². The predicted molar refractivity (Wildman–Crippen MR) is 112 cm³/mol. The molecule has 1 aliphatic rings. The van der Waals surface area contributed by atoms with Crippen LogP contribution >= 0.6 is 0 Å². The van der Waals surface area contributed by atoms with Crippen LogP contribution in [0.5, 0.6) is 0 Å².